The molecule has 0 saturated heterocycles. The largest absolute Gasteiger partial charge is 0.279 e. The van der Waals surface area contributed by atoms with Crippen LogP contribution < -0.4 is 4.90 Å². The number of tetrazole rings is 1. The highest BCUT2D eigenvalue weighted by Gasteiger charge is 2.27. The number of amides is 1. The van der Waals surface area contributed by atoms with Gasteiger partial charge in [0.1, 0.15) is 0 Å². The summed E-state index contributed by atoms with van der Waals surface area (Å²) in [4.78, 5) is 14.3. The minimum atomic E-state index is -3.37. The average molecular weight is 335 g/mol. The van der Waals surface area contributed by atoms with Gasteiger partial charge in [0, 0.05) is 13.1 Å². The first-order valence-electron chi connectivity index (χ1n) is 7.40. The highest BCUT2D eigenvalue weighted by molar-refractivity contribution is 7.91. The predicted octanol–water partition coefficient (Wildman–Crippen LogP) is 0.446. The molecule has 0 atom stereocenters. The minimum Gasteiger partial charge on any atom is -0.279 e. The van der Waals surface area contributed by atoms with E-state index in [-0.39, 0.29) is 23.0 Å². The van der Waals surface area contributed by atoms with Gasteiger partial charge in [-0.3, -0.25) is 9.69 Å². The van der Waals surface area contributed by atoms with E-state index in [9.17, 15) is 13.2 Å². The van der Waals surface area contributed by atoms with Gasteiger partial charge in [-0.05, 0) is 28.5 Å². The molecule has 0 spiro atoms. The lowest BCUT2D eigenvalue weighted by Crippen LogP contribution is -2.39. The van der Waals surface area contributed by atoms with Gasteiger partial charge in [0.25, 0.3) is 5.95 Å². The van der Waals surface area contributed by atoms with E-state index in [1.807, 2.05) is 0 Å². The topological polar surface area (TPSA) is 98.1 Å². The summed E-state index contributed by atoms with van der Waals surface area (Å²) in [6, 6.07) is 6.62. The SMILES string of the molecule is CCS(=O)(=O)c1ccccc1CC(=O)N1CCCn2nnnc21. The van der Waals surface area contributed by atoms with Gasteiger partial charge in [-0.1, -0.05) is 30.2 Å². The van der Waals surface area contributed by atoms with Crippen LogP contribution in [0.25, 0.3) is 0 Å². The maximum Gasteiger partial charge on any atom is 0.252 e. The normalized spacial score (nSPS) is 14.6. The van der Waals surface area contributed by atoms with Crippen LogP contribution in [0.3, 0.4) is 0 Å². The molecule has 1 aromatic carbocycles. The van der Waals surface area contributed by atoms with Gasteiger partial charge in [-0.15, -0.1) is 0 Å². The Bertz CT molecular complexity index is 830. The van der Waals surface area contributed by atoms with E-state index < -0.39 is 9.84 Å². The second-order valence-corrected chi connectivity index (χ2v) is 7.54. The van der Waals surface area contributed by atoms with Crippen molar-refractivity contribution in [3.05, 3.63) is 29.8 Å². The van der Waals surface area contributed by atoms with Crippen LogP contribution in [0.15, 0.2) is 29.2 Å². The summed E-state index contributed by atoms with van der Waals surface area (Å²) >= 11 is 0. The molecular formula is C14H17N5O3S. The predicted molar refractivity (Wildman–Crippen MR) is 82.7 cm³/mol. The smallest absolute Gasteiger partial charge is 0.252 e. The van der Waals surface area contributed by atoms with Crippen molar-refractivity contribution in [2.45, 2.75) is 31.2 Å². The number of hydrogen-bond donors (Lipinski definition) is 0. The molecule has 0 N–H and O–H groups in total. The van der Waals surface area contributed by atoms with E-state index in [4.69, 9.17) is 0 Å². The van der Waals surface area contributed by atoms with Gasteiger partial charge in [-0.25, -0.2) is 13.1 Å². The summed E-state index contributed by atoms with van der Waals surface area (Å²) in [5.41, 5.74) is 0.504. The third-order valence-corrected chi connectivity index (χ3v) is 5.66. The Balaban J connectivity index is 1.88. The lowest BCUT2D eigenvalue weighted by Gasteiger charge is -2.25. The third-order valence-electron chi connectivity index (χ3n) is 3.84. The number of aryl methyl sites for hydroxylation is 1. The van der Waals surface area contributed by atoms with Crippen LogP contribution in [-0.4, -0.2) is 46.8 Å². The number of anilines is 1. The van der Waals surface area contributed by atoms with Crippen molar-refractivity contribution >= 4 is 21.7 Å². The lowest BCUT2D eigenvalue weighted by atomic mass is 10.1. The monoisotopic (exact) mass is 335 g/mol. The Hall–Kier alpha value is -2.29. The molecule has 0 radical (unpaired) electrons. The fourth-order valence-electron chi connectivity index (χ4n) is 2.62. The zero-order valence-corrected chi connectivity index (χ0v) is 13.5. The number of aromatic nitrogens is 4. The molecule has 2 aromatic rings. The summed E-state index contributed by atoms with van der Waals surface area (Å²) in [5, 5.41) is 11.3. The average Bonchev–Trinajstić information content (AvgIpc) is 3.03. The van der Waals surface area contributed by atoms with E-state index in [1.54, 1.807) is 35.9 Å². The Kier molecular flexibility index (Phi) is 4.12. The Labute approximate surface area is 134 Å². The molecule has 0 bridgehead atoms. The molecule has 0 fully saturated rings. The van der Waals surface area contributed by atoms with Crippen molar-refractivity contribution in [3.63, 3.8) is 0 Å². The molecule has 0 unspecified atom stereocenters. The van der Waals surface area contributed by atoms with Crippen molar-refractivity contribution in [3.8, 4) is 0 Å². The van der Waals surface area contributed by atoms with Crippen LogP contribution >= 0.6 is 0 Å². The van der Waals surface area contributed by atoms with Gasteiger partial charge in [0.05, 0.1) is 17.1 Å². The van der Waals surface area contributed by atoms with Gasteiger partial charge >= 0.3 is 0 Å². The van der Waals surface area contributed by atoms with Gasteiger partial charge in [0.15, 0.2) is 9.84 Å². The number of benzene rings is 1. The van der Waals surface area contributed by atoms with E-state index in [0.717, 1.165) is 6.42 Å². The summed E-state index contributed by atoms with van der Waals surface area (Å²) in [7, 11) is -3.37. The van der Waals surface area contributed by atoms with E-state index in [2.05, 4.69) is 15.5 Å². The fraction of sp³-hybridized carbons (Fsp3) is 0.429. The minimum absolute atomic E-state index is 0.000163. The highest BCUT2D eigenvalue weighted by Crippen LogP contribution is 2.21. The van der Waals surface area contributed by atoms with Crippen molar-refractivity contribution < 1.29 is 13.2 Å². The van der Waals surface area contributed by atoms with E-state index in [1.165, 1.54) is 4.90 Å². The van der Waals surface area contributed by atoms with Gasteiger partial charge in [-0.2, -0.15) is 0 Å². The van der Waals surface area contributed by atoms with Crippen LogP contribution in [0.1, 0.15) is 18.9 Å². The van der Waals surface area contributed by atoms with E-state index in [0.29, 0.717) is 24.6 Å². The number of rotatable bonds is 4. The van der Waals surface area contributed by atoms with Crippen LogP contribution in [-0.2, 0) is 27.6 Å². The molecule has 122 valence electrons. The van der Waals surface area contributed by atoms with Crippen molar-refractivity contribution in [2.24, 2.45) is 0 Å². The number of fused-ring (bicyclic) bond motifs is 1. The van der Waals surface area contributed by atoms with Crippen LogP contribution in [0.4, 0.5) is 5.95 Å². The molecule has 8 nitrogen and oxygen atoms in total. The second kappa shape index (κ2) is 6.07. The fourth-order valence-corrected chi connectivity index (χ4v) is 3.76. The maximum absolute atomic E-state index is 12.6. The zero-order chi connectivity index (χ0) is 16.4. The molecule has 3 rings (SSSR count). The second-order valence-electron chi connectivity index (χ2n) is 5.29. The molecule has 1 aliphatic heterocycles. The summed E-state index contributed by atoms with van der Waals surface area (Å²) in [5.74, 6) is 0.205. The van der Waals surface area contributed by atoms with Crippen LogP contribution in [0.5, 0.6) is 0 Å². The standard InChI is InChI=1S/C14H17N5O3S/c1-2-23(21,22)12-7-4-3-6-11(12)10-13(20)18-8-5-9-19-14(18)15-16-17-19/h3-4,6-7H,2,5,8-10H2,1H3. The summed E-state index contributed by atoms with van der Waals surface area (Å²) < 4.78 is 25.9. The molecule has 0 saturated carbocycles. The quantitative estimate of drug-likeness (QED) is 0.804. The third kappa shape index (κ3) is 2.96. The van der Waals surface area contributed by atoms with Crippen molar-refractivity contribution in [1.82, 2.24) is 20.2 Å². The Morgan fingerprint density at radius 2 is 2.04 bits per heavy atom. The number of sulfone groups is 1. The molecule has 1 aromatic heterocycles. The molecule has 9 heteroatoms. The number of hydrogen-bond acceptors (Lipinski definition) is 6. The first-order chi connectivity index (χ1) is 11.0. The molecule has 1 amide bonds. The molecule has 1 aliphatic rings. The maximum atomic E-state index is 12.6. The van der Waals surface area contributed by atoms with Crippen LogP contribution in [0.2, 0.25) is 0 Å². The van der Waals surface area contributed by atoms with Crippen molar-refractivity contribution in [2.75, 3.05) is 17.2 Å². The Morgan fingerprint density at radius 1 is 1.26 bits per heavy atom. The first kappa shape index (κ1) is 15.6. The number of carbonyl (C=O) groups is 1. The zero-order valence-electron chi connectivity index (χ0n) is 12.7. The molecule has 0 aliphatic carbocycles. The van der Waals surface area contributed by atoms with Crippen molar-refractivity contribution in [1.29, 1.82) is 0 Å². The van der Waals surface area contributed by atoms with Crippen LogP contribution in [0, 0.1) is 0 Å². The highest BCUT2D eigenvalue weighted by atomic mass is 32.2. The molecule has 23 heavy (non-hydrogen) atoms. The summed E-state index contributed by atoms with van der Waals surface area (Å²) in [6.07, 6.45) is 0.765. The Morgan fingerprint density at radius 3 is 2.83 bits per heavy atom. The molecule has 2 heterocycles. The van der Waals surface area contributed by atoms with Gasteiger partial charge in [0.2, 0.25) is 5.91 Å². The summed E-state index contributed by atoms with van der Waals surface area (Å²) in [6.45, 7) is 2.79. The van der Waals surface area contributed by atoms with E-state index >= 15 is 0 Å². The van der Waals surface area contributed by atoms with Gasteiger partial charge < -0.3 is 0 Å². The number of carbonyl (C=O) groups excluding carboxylic acids is 1. The lowest BCUT2D eigenvalue weighted by molar-refractivity contribution is -0.118. The molecular weight excluding hydrogens is 318 g/mol. The first-order valence-corrected chi connectivity index (χ1v) is 9.05. The number of nitrogens with zero attached hydrogens (tertiary/aromatic N) is 5.